The maximum atomic E-state index is 12.8. The first-order valence-corrected chi connectivity index (χ1v) is 9.83. The van der Waals surface area contributed by atoms with Crippen LogP contribution < -0.4 is 0 Å². The molecule has 4 rings (SSSR count). The highest BCUT2D eigenvalue weighted by Crippen LogP contribution is 2.24. The Labute approximate surface area is 166 Å². The lowest BCUT2D eigenvalue weighted by atomic mass is 10.1. The second-order valence-corrected chi connectivity index (χ2v) is 7.12. The van der Waals surface area contributed by atoms with Crippen LogP contribution in [-0.2, 0) is 6.54 Å². The number of carbonyl (C=O) groups excluding carboxylic acids is 1. The van der Waals surface area contributed by atoms with Crippen molar-refractivity contribution in [1.82, 2.24) is 19.3 Å². The number of hydrogen-bond donors (Lipinski definition) is 0. The van der Waals surface area contributed by atoms with Crippen LogP contribution in [-0.4, -0.2) is 30.9 Å². The molecule has 0 atom stereocenters. The van der Waals surface area contributed by atoms with Crippen molar-refractivity contribution in [2.75, 3.05) is 5.75 Å². The lowest BCUT2D eigenvalue weighted by molar-refractivity contribution is 0.102. The van der Waals surface area contributed by atoms with Crippen LogP contribution in [0.2, 0.25) is 0 Å². The zero-order chi connectivity index (χ0) is 19.3. The molecule has 2 aromatic carbocycles. The van der Waals surface area contributed by atoms with E-state index in [1.807, 2.05) is 65.4 Å². The summed E-state index contributed by atoms with van der Waals surface area (Å²) < 4.78 is 3.67. The Balaban J connectivity index is 1.50. The predicted molar refractivity (Wildman–Crippen MR) is 109 cm³/mol. The van der Waals surface area contributed by atoms with E-state index in [2.05, 4.69) is 16.2 Å². The van der Waals surface area contributed by atoms with Crippen molar-refractivity contribution < 1.29 is 4.79 Å². The van der Waals surface area contributed by atoms with Gasteiger partial charge in [-0.2, -0.15) is 5.26 Å². The van der Waals surface area contributed by atoms with E-state index in [1.54, 1.807) is 11.0 Å². The number of ketones is 1. The maximum absolute atomic E-state index is 12.8. The highest BCUT2D eigenvalue weighted by molar-refractivity contribution is 7.99. The van der Waals surface area contributed by atoms with Crippen molar-refractivity contribution in [3.05, 3.63) is 72.7 Å². The molecule has 2 heterocycles. The third-order valence-corrected chi connectivity index (χ3v) is 5.23. The molecular formula is C21H17N5OS. The van der Waals surface area contributed by atoms with Gasteiger partial charge in [0.15, 0.2) is 5.78 Å². The first kappa shape index (κ1) is 18.0. The van der Waals surface area contributed by atoms with Crippen LogP contribution in [0.25, 0.3) is 16.6 Å². The highest BCUT2D eigenvalue weighted by Gasteiger charge is 2.16. The first-order chi connectivity index (χ1) is 13.8. The molecule has 7 heteroatoms. The number of aryl methyl sites for hydroxylation is 1. The van der Waals surface area contributed by atoms with Gasteiger partial charge in [-0.05, 0) is 18.2 Å². The van der Waals surface area contributed by atoms with Gasteiger partial charge in [-0.15, -0.1) is 5.10 Å². The third kappa shape index (κ3) is 3.68. The minimum Gasteiger partial charge on any atom is -0.346 e. The largest absolute Gasteiger partial charge is 0.346 e. The fourth-order valence-corrected chi connectivity index (χ4v) is 3.73. The van der Waals surface area contributed by atoms with Gasteiger partial charge >= 0.3 is 0 Å². The van der Waals surface area contributed by atoms with Gasteiger partial charge < -0.3 is 4.57 Å². The van der Waals surface area contributed by atoms with Crippen molar-refractivity contribution in [1.29, 1.82) is 5.26 Å². The number of nitriles is 1. The highest BCUT2D eigenvalue weighted by atomic mass is 32.2. The number of nitrogens with zero attached hydrogens (tertiary/aromatic N) is 5. The van der Waals surface area contributed by atoms with Gasteiger partial charge in [-0.3, -0.25) is 4.79 Å². The van der Waals surface area contributed by atoms with Gasteiger partial charge in [-0.25, -0.2) is 9.67 Å². The molecule has 0 fully saturated rings. The Bertz CT molecular complexity index is 1160. The van der Waals surface area contributed by atoms with Crippen LogP contribution in [0.4, 0.5) is 0 Å². The SMILES string of the molecule is N#CCCn1cc(C(=O)CSc2ncn(-c3ccccc3)n2)c2ccccc21. The van der Waals surface area contributed by atoms with E-state index in [-0.39, 0.29) is 11.5 Å². The number of carbonyl (C=O) groups is 1. The molecule has 0 N–H and O–H groups in total. The van der Waals surface area contributed by atoms with E-state index in [0.717, 1.165) is 16.6 Å². The topological polar surface area (TPSA) is 76.5 Å². The minimum atomic E-state index is 0.0213. The summed E-state index contributed by atoms with van der Waals surface area (Å²) in [4.78, 5) is 17.1. The number of Topliss-reactive ketones (excluding diaryl/α,β-unsaturated/α-hetero) is 1. The summed E-state index contributed by atoms with van der Waals surface area (Å²) in [6, 6.07) is 19.7. The number of hydrogen-bond acceptors (Lipinski definition) is 5. The number of fused-ring (bicyclic) bond motifs is 1. The maximum Gasteiger partial charge on any atom is 0.209 e. The van der Waals surface area contributed by atoms with Crippen LogP contribution in [0, 0.1) is 11.3 Å². The van der Waals surface area contributed by atoms with Gasteiger partial charge in [0.25, 0.3) is 0 Å². The van der Waals surface area contributed by atoms with E-state index in [1.165, 1.54) is 11.8 Å². The van der Waals surface area contributed by atoms with Crippen LogP contribution in [0.15, 0.2) is 72.3 Å². The Morgan fingerprint density at radius 3 is 2.71 bits per heavy atom. The molecule has 0 radical (unpaired) electrons. The summed E-state index contributed by atoms with van der Waals surface area (Å²) in [5, 5.41) is 14.8. The van der Waals surface area contributed by atoms with Gasteiger partial charge in [0.2, 0.25) is 5.16 Å². The molecule has 0 amide bonds. The fourth-order valence-electron chi connectivity index (χ4n) is 3.05. The average molecular weight is 387 g/mol. The molecule has 0 aliphatic heterocycles. The molecule has 28 heavy (non-hydrogen) atoms. The number of para-hydroxylation sites is 2. The van der Waals surface area contributed by atoms with Crippen LogP contribution in [0.1, 0.15) is 16.8 Å². The molecule has 4 aromatic rings. The van der Waals surface area contributed by atoms with E-state index >= 15 is 0 Å². The molecule has 0 aliphatic carbocycles. The summed E-state index contributed by atoms with van der Waals surface area (Å²) in [5.41, 5.74) is 2.56. The average Bonchev–Trinajstić information content (AvgIpc) is 3.36. The lowest BCUT2D eigenvalue weighted by Crippen LogP contribution is -2.02. The van der Waals surface area contributed by atoms with Gasteiger partial charge in [0.1, 0.15) is 6.33 Å². The molecular weight excluding hydrogens is 370 g/mol. The molecule has 0 spiro atoms. The Morgan fingerprint density at radius 2 is 1.89 bits per heavy atom. The molecule has 0 saturated carbocycles. The number of thioether (sulfide) groups is 1. The van der Waals surface area contributed by atoms with E-state index < -0.39 is 0 Å². The lowest BCUT2D eigenvalue weighted by Gasteiger charge is -2.00. The first-order valence-electron chi connectivity index (χ1n) is 8.84. The smallest absolute Gasteiger partial charge is 0.209 e. The monoisotopic (exact) mass is 387 g/mol. The van der Waals surface area contributed by atoms with E-state index in [9.17, 15) is 4.79 Å². The van der Waals surface area contributed by atoms with Crippen molar-refractivity contribution in [2.24, 2.45) is 0 Å². The normalized spacial score (nSPS) is 10.8. The predicted octanol–water partition coefficient (Wildman–Crippen LogP) is 4.11. The third-order valence-electron chi connectivity index (χ3n) is 4.38. The molecule has 2 aromatic heterocycles. The molecule has 6 nitrogen and oxygen atoms in total. The van der Waals surface area contributed by atoms with Crippen molar-refractivity contribution in [3.8, 4) is 11.8 Å². The fraction of sp³-hybridized carbons (Fsp3) is 0.143. The Morgan fingerprint density at radius 1 is 1.11 bits per heavy atom. The quantitative estimate of drug-likeness (QED) is 0.352. The summed E-state index contributed by atoms with van der Waals surface area (Å²) in [5.74, 6) is 0.276. The van der Waals surface area contributed by atoms with Crippen molar-refractivity contribution in [2.45, 2.75) is 18.1 Å². The summed E-state index contributed by atoms with van der Waals surface area (Å²) in [6.07, 6.45) is 3.90. The molecule has 0 aliphatic rings. The molecule has 0 unspecified atom stereocenters. The zero-order valence-electron chi connectivity index (χ0n) is 15.0. The van der Waals surface area contributed by atoms with Crippen LogP contribution >= 0.6 is 11.8 Å². The van der Waals surface area contributed by atoms with Crippen LogP contribution in [0.3, 0.4) is 0 Å². The van der Waals surface area contributed by atoms with Crippen molar-refractivity contribution >= 4 is 28.4 Å². The molecule has 0 bridgehead atoms. The molecule has 138 valence electrons. The second-order valence-electron chi connectivity index (χ2n) is 6.18. The zero-order valence-corrected chi connectivity index (χ0v) is 15.8. The Hall–Kier alpha value is -3.37. The number of rotatable bonds is 7. The Kier molecular flexibility index (Phi) is 5.22. The summed E-state index contributed by atoms with van der Waals surface area (Å²) in [7, 11) is 0. The van der Waals surface area contributed by atoms with Gasteiger partial charge in [0.05, 0.1) is 23.9 Å². The molecule has 0 saturated heterocycles. The van der Waals surface area contributed by atoms with Gasteiger partial charge in [-0.1, -0.05) is 48.2 Å². The standard InChI is InChI=1S/C21H17N5OS/c22-11-6-12-25-13-18(17-9-4-5-10-19(17)25)20(27)14-28-21-23-15-26(24-21)16-7-2-1-3-8-16/h1-5,7-10,13,15H,6,12,14H2. The van der Waals surface area contributed by atoms with Gasteiger partial charge in [0, 0.05) is 29.2 Å². The second kappa shape index (κ2) is 8.11. The minimum absolute atomic E-state index is 0.0213. The van der Waals surface area contributed by atoms with E-state index in [4.69, 9.17) is 5.26 Å². The summed E-state index contributed by atoms with van der Waals surface area (Å²) >= 11 is 1.32. The summed E-state index contributed by atoms with van der Waals surface area (Å²) in [6.45, 7) is 0.570. The number of aromatic nitrogens is 4. The number of benzene rings is 2. The van der Waals surface area contributed by atoms with Crippen LogP contribution in [0.5, 0.6) is 0 Å². The van der Waals surface area contributed by atoms with E-state index in [0.29, 0.717) is 23.7 Å². The van der Waals surface area contributed by atoms with Crippen molar-refractivity contribution in [3.63, 3.8) is 0 Å².